The molecule has 2 aromatic rings. The third-order valence-corrected chi connectivity index (χ3v) is 8.41. The molecule has 2 bridgehead atoms. The van der Waals surface area contributed by atoms with Crippen molar-refractivity contribution in [3.63, 3.8) is 0 Å². The Bertz CT molecular complexity index is 1240. The van der Waals surface area contributed by atoms with E-state index in [-0.39, 0.29) is 19.1 Å². The molecule has 8 nitrogen and oxygen atoms in total. The maximum atomic E-state index is 14.4. The van der Waals surface area contributed by atoms with Crippen molar-refractivity contribution in [3.8, 4) is 0 Å². The Morgan fingerprint density at radius 1 is 1.25 bits per heavy atom. The van der Waals surface area contributed by atoms with Crippen molar-refractivity contribution in [2.45, 2.75) is 56.4 Å². The van der Waals surface area contributed by atoms with Crippen LogP contribution in [0, 0.1) is 11.8 Å². The van der Waals surface area contributed by atoms with Crippen molar-refractivity contribution < 1.29 is 29.3 Å². The van der Waals surface area contributed by atoms with E-state index in [1.807, 2.05) is 49.4 Å². The Hall–Kier alpha value is -3.23. The van der Waals surface area contributed by atoms with Crippen LogP contribution in [-0.2, 0) is 19.1 Å². The number of hydrogen-bond acceptors (Lipinski definition) is 5. The molecule has 2 aromatic carbocycles. The van der Waals surface area contributed by atoms with Crippen LogP contribution in [0.4, 0.5) is 5.69 Å². The van der Waals surface area contributed by atoms with Crippen LogP contribution in [0.3, 0.4) is 0 Å². The van der Waals surface area contributed by atoms with Crippen molar-refractivity contribution >= 4 is 34.2 Å². The lowest BCUT2D eigenvalue weighted by Crippen LogP contribution is -2.59. The zero-order chi connectivity index (χ0) is 25.8. The molecule has 3 saturated heterocycles. The Kier molecular flexibility index (Phi) is 5.92. The first-order valence-corrected chi connectivity index (χ1v) is 12.5. The molecule has 1 spiro atoms. The van der Waals surface area contributed by atoms with Crippen molar-refractivity contribution in [2.24, 2.45) is 11.8 Å². The van der Waals surface area contributed by atoms with Crippen LogP contribution in [-0.4, -0.2) is 69.3 Å². The lowest BCUT2D eigenvalue weighted by molar-refractivity contribution is -0.155. The number of carbonyl (C=O) groups is 3. The van der Waals surface area contributed by atoms with E-state index < -0.39 is 47.0 Å². The number of aliphatic hydroxyl groups excluding tert-OH is 1. The number of ether oxygens (including phenoxy) is 1. The molecule has 3 aliphatic heterocycles. The number of carboxylic acid groups (broad SMARTS) is 1. The van der Waals surface area contributed by atoms with Gasteiger partial charge >= 0.3 is 5.97 Å². The fourth-order valence-corrected chi connectivity index (χ4v) is 6.77. The maximum Gasteiger partial charge on any atom is 0.310 e. The van der Waals surface area contributed by atoms with E-state index in [0.29, 0.717) is 24.9 Å². The van der Waals surface area contributed by atoms with Crippen LogP contribution >= 0.6 is 0 Å². The largest absolute Gasteiger partial charge is 0.481 e. The lowest BCUT2D eigenvalue weighted by atomic mass is 9.66. The fourth-order valence-electron chi connectivity index (χ4n) is 6.77. The van der Waals surface area contributed by atoms with Gasteiger partial charge in [-0.1, -0.05) is 43.3 Å². The molecule has 8 heteroatoms. The highest BCUT2D eigenvalue weighted by Crippen LogP contribution is 2.63. The highest BCUT2D eigenvalue weighted by molar-refractivity contribution is 6.05. The summed E-state index contributed by atoms with van der Waals surface area (Å²) in [6.45, 7) is 7.26. The molecule has 190 valence electrons. The second-order valence-corrected chi connectivity index (χ2v) is 10.3. The number of anilines is 1. The van der Waals surface area contributed by atoms with Gasteiger partial charge in [-0.15, -0.1) is 6.58 Å². The van der Waals surface area contributed by atoms with E-state index in [1.54, 1.807) is 17.9 Å². The Balaban J connectivity index is 1.64. The van der Waals surface area contributed by atoms with Gasteiger partial charge in [0.1, 0.15) is 11.6 Å². The Labute approximate surface area is 210 Å². The standard InChI is InChI=1S/C28H32N2O6/c1-4-14-29(20-11-10-17-8-6-7-9-18(17)15-20)25(33)23-28-13-12-27(3,36-28)22(26(34)35)21(28)24(32)30(23)19(5-2)16-31/h4,6-11,15,19,21-23,31H,1,5,12-14,16H2,2-3H3,(H,34,35)/t19-,21-,22-,23?,27+,28?/m0/s1. The minimum Gasteiger partial charge on any atom is -0.481 e. The summed E-state index contributed by atoms with van der Waals surface area (Å²) < 4.78 is 6.45. The predicted octanol–water partition coefficient (Wildman–Crippen LogP) is 2.98. The van der Waals surface area contributed by atoms with Gasteiger partial charge in [0.2, 0.25) is 5.91 Å². The zero-order valence-electron chi connectivity index (χ0n) is 20.6. The van der Waals surface area contributed by atoms with Gasteiger partial charge in [0.25, 0.3) is 5.91 Å². The average Bonchev–Trinajstić information content (AvgIpc) is 3.44. The van der Waals surface area contributed by atoms with E-state index in [9.17, 15) is 24.6 Å². The van der Waals surface area contributed by atoms with Gasteiger partial charge in [-0.3, -0.25) is 14.4 Å². The van der Waals surface area contributed by atoms with Crippen LogP contribution in [0.15, 0.2) is 55.1 Å². The molecule has 3 heterocycles. The number of rotatable bonds is 8. The molecule has 5 rings (SSSR count). The minimum atomic E-state index is -1.26. The third-order valence-electron chi connectivity index (χ3n) is 8.41. The van der Waals surface area contributed by atoms with Crippen LogP contribution < -0.4 is 4.90 Å². The van der Waals surface area contributed by atoms with Crippen molar-refractivity contribution in [1.82, 2.24) is 4.90 Å². The molecule has 36 heavy (non-hydrogen) atoms. The molecule has 0 saturated carbocycles. The molecule has 3 aliphatic rings. The predicted molar refractivity (Wildman–Crippen MR) is 134 cm³/mol. The summed E-state index contributed by atoms with van der Waals surface area (Å²) in [4.78, 5) is 43.7. The quantitative estimate of drug-likeness (QED) is 0.549. The second kappa shape index (κ2) is 8.71. The SMILES string of the molecule is C=CCN(C(=O)C1N([C@@H](CC)CO)C(=O)[C@@H]2[C@@H](C(=O)O)[C@@]3(C)CCC12O3)c1ccc2ccccc2c1. The van der Waals surface area contributed by atoms with Crippen molar-refractivity contribution in [1.29, 1.82) is 0 Å². The monoisotopic (exact) mass is 492 g/mol. The number of likely N-dealkylation sites (tertiary alicyclic amines) is 1. The first kappa shape index (κ1) is 24.5. The molecule has 2 amide bonds. The summed E-state index contributed by atoms with van der Waals surface area (Å²) in [6, 6.07) is 11.9. The van der Waals surface area contributed by atoms with Gasteiger partial charge < -0.3 is 24.7 Å². The topological polar surface area (TPSA) is 107 Å². The Morgan fingerprint density at radius 2 is 1.97 bits per heavy atom. The van der Waals surface area contributed by atoms with E-state index >= 15 is 0 Å². The smallest absolute Gasteiger partial charge is 0.310 e. The second-order valence-electron chi connectivity index (χ2n) is 10.3. The van der Waals surface area contributed by atoms with E-state index in [2.05, 4.69) is 6.58 Å². The number of carboxylic acids is 1. The number of aliphatic hydroxyl groups is 1. The molecular formula is C28H32N2O6. The molecule has 3 fully saturated rings. The summed E-state index contributed by atoms with van der Waals surface area (Å²) in [5.74, 6) is -3.92. The highest BCUT2D eigenvalue weighted by atomic mass is 16.5. The maximum absolute atomic E-state index is 14.4. The Morgan fingerprint density at radius 3 is 2.61 bits per heavy atom. The number of nitrogens with zero attached hydrogens (tertiary/aromatic N) is 2. The summed E-state index contributed by atoms with van der Waals surface area (Å²) >= 11 is 0. The molecule has 2 unspecified atom stereocenters. The fraction of sp³-hybridized carbons (Fsp3) is 0.464. The average molecular weight is 493 g/mol. The van der Waals surface area contributed by atoms with E-state index in [0.717, 1.165) is 10.8 Å². The van der Waals surface area contributed by atoms with Gasteiger partial charge in [-0.25, -0.2) is 0 Å². The number of amides is 2. The summed E-state index contributed by atoms with van der Waals surface area (Å²) in [6.07, 6.45) is 2.89. The molecule has 2 N–H and O–H groups in total. The molecule has 0 aromatic heterocycles. The number of fused-ring (bicyclic) bond motifs is 2. The summed E-state index contributed by atoms with van der Waals surface area (Å²) in [5.41, 5.74) is -1.63. The van der Waals surface area contributed by atoms with Gasteiger partial charge in [0.05, 0.1) is 30.1 Å². The van der Waals surface area contributed by atoms with Crippen LogP contribution in [0.25, 0.3) is 10.8 Å². The van der Waals surface area contributed by atoms with E-state index in [1.165, 1.54) is 4.90 Å². The minimum absolute atomic E-state index is 0.200. The molecule has 0 aliphatic carbocycles. The highest BCUT2D eigenvalue weighted by Gasteiger charge is 2.78. The van der Waals surface area contributed by atoms with Crippen LogP contribution in [0.5, 0.6) is 0 Å². The van der Waals surface area contributed by atoms with Gasteiger partial charge in [-0.05, 0) is 49.1 Å². The number of hydrogen-bond donors (Lipinski definition) is 2. The summed E-state index contributed by atoms with van der Waals surface area (Å²) in [7, 11) is 0. The number of carbonyl (C=O) groups excluding carboxylic acids is 2. The zero-order valence-corrected chi connectivity index (χ0v) is 20.6. The number of benzene rings is 2. The van der Waals surface area contributed by atoms with Gasteiger partial charge in [0, 0.05) is 12.2 Å². The number of aliphatic carboxylic acids is 1. The first-order valence-electron chi connectivity index (χ1n) is 12.5. The molecule has 0 radical (unpaired) electrons. The van der Waals surface area contributed by atoms with Crippen LogP contribution in [0.1, 0.15) is 33.1 Å². The first-order chi connectivity index (χ1) is 17.2. The van der Waals surface area contributed by atoms with Crippen molar-refractivity contribution in [3.05, 3.63) is 55.1 Å². The van der Waals surface area contributed by atoms with Crippen LogP contribution in [0.2, 0.25) is 0 Å². The molecular weight excluding hydrogens is 460 g/mol. The molecule has 6 atom stereocenters. The van der Waals surface area contributed by atoms with Crippen molar-refractivity contribution in [2.75, 3.05) is 18.1 Å². The summed E-state index contributed by atoms with van der Waals surface area (Å²) in [5, 5.41) is 22.2. The lowest BCUT2D eigenvalue weighted by Gasteiger charge is -2.39. The third kappa shape index (κ3) is 3.31. The normalized spacial score (nSPS) is 31.5. The van der Waals surface area contributed by atoms with Gasteiger partial charge in [0.15, 0.2) is 0 Å². The van der Waals surface area contributed by atoms with E-state index in [4.69, 9.17) is 4.74 Å². The van der Waals surface area contributed by atoms with Gasteiger partial charge in [-0.2, -0.15) is 0 Å².